The lowest BCUT2D eigenvalue weighted by molar-refractivity contribution is 0.277. The van der Waals surface area contributed by atoms with Crippen molar-refractivity contribution in [1.29, 1.82) is 0 Å². The number of rotatable bonds is 4. The van der Waals surface area contributed by atoms with Crippen LogP contribution in [0.25, 0.3) is 0 Å². The van der Waals surface area contributed by atoms with Gasteiger partial charge in [-0.05, 0) is 32.4 Å². The SMILES string of the molecule is CCN(C)CCN=C(N)N1CCC(C)CC1. The lowest BCUT2D eigenvalue weighted by Gasteiger charge is -2.31. The number of likely N-dealkylation sites (N-methyl/N-ethyl adjacent to an activating group) is 1. The molecule has 0 aliphatic carbocycles. The molecule has 1 aliphatic heterocycles. The molecule has 0 saturated carbocycles. The summed E-state index contributed by atoms with van der Waals surface area (Å²) in [6, 6.07) is 0. The maximum Gasteiger partial charge on any atom is 0.191 e. The fraction of sp³-hybridized carbons (Fsp3) is 0.917. The van der Waals surface area contributed by atoms with Crippen LogP contribution in [0.5, 0.6) is 0 Å². The summed E-state index contributed by atoms with van der Waals surface area (Å²) in [6.45, 7) is 9.46. The molecule has 0 unspecified atom stereocenters. The second kappa shape index (κ2) is 6.74. The summed E-state index contributed by atoms with van der Waals surface area (Å²) in [5.41, 5.74) is 5.98. The molecule has 0 atom stereocenters. The van der Waals surface area contributed by atoms with Crippen LogP contribution in [0.15, 0.2) is 4.99 Å². The van der Waals surface area contributed by atoms with Crippen LogP contribution in [0.3, 0.4) is 0 Å². The van der Waals surface area contributed by atoms with Crippen LogP contribution >= 0.6 is 0 Å². The summed E-state index contributed by atoms with van der Waals surface area (Å²) >= 11 is 0. The Morgan fingerprint density at radius 1 is 1.44 bits per heavy atom. The summed E-state index contributed by atoms with van der Waals surface area (Å²) in [5.74, 6) is 1.58. The molecule has 1 rings (SSSR count). The minimum absolute atomic E-state index is 0.733. The van der Waals surface area contributed by atoms with Crippen molar-refractivity contribution in [1.82, 2.24) is 9.80 Å². The molecule has 1 aliphatic rings. The minimum Gasteiger partial charge on any atom is -0.370 e. The van der Waals surface area contributed by atoms with E-state index >= 15 is 0 Å². The highest BCUT2D eigenvalue weighted by Gasteiger charge is 2.16. The van der Waals surface area contributed by atoms with Gasteiger partial charge in [0.2, 0.25) is 0 Å². The zero-order valence-corrected chi connectivity index (χ0v) is 10.9. The van der Waals surface area contributed by atoms with Crippen molar-refractivity contribution >= 4 is 5.96 Å². The molecule has 0 aromatic heterocycles. The predicted molar refractivity (Wildman–Crippen MR) is 69.6 cm³/mol. The van der Waals surface area contributed by atoms with E-state index in [2.05, 4.69) is 35.7 Å². The molecule has 1 saturated heterocycles. The van der Waals surface area contributed by atoms with Crippen molar-refractivity contribution in [2.24, 2.45) is 16.6 Å². The number of guanidine groups is 1. The Morgan fingerprint density at radius 2 is 2.06 bits per heavy atom. The summed E-state index contributed by atoms with van der Waals surface area (Å²) < 4.78 is 0. The van der Waals surface area contributed by atoms with Crippen LogP contribution in [0, 0.1) is 5.92 Å². The molecule has 0 radical (unpaired) electrons. The van der Waals surface area contributed by atoms with E-state index in [1.807, 2.05) is 0 Å². The first-order valence-corrected chi connectivity index (χ1v) is 6.37. The Morgan fingerprint density at radius 3 is 2.62 bits per heavy atom. The van der Waals surface area contributed by atoms with Gasteiger partial charge in [0.05, 0.1) is 6.54 Å². The van der Waals surface area contributed by atoms with Crippen molar-refractivity contribution < 1.29 is 0 Å². The van der Waals surface area contributed by atoms with E-state index in [-0.39, 0.29) is 0 Å². The Hall–Kier alpha value is -0.770. The van der Waals surface area contributed by atoms with Gasteiger partial charge in [0.1, 0.15) is 0 Å². The quantitative estimate of drug-likeness (QED) is 0.574. The van der Waals surface area contributed by atoms with E-state index in [0.29, 0.717) is 0 Å². The lowest BCUT2D eigenvalue weighted by Crippen LogP contribution is -2.42. The van der Waals surface area contributed by atoms with E-state index in [0.717, 1.165) is 44.6 Å². The van der Waals surface area contributed by atoms with Gasteiger partial charge in [-0.2, -0.15) is 0 Å². The van der Waals surface area contributed by atoms with E-state index in [9.17, 15) is 0 Å². The molecular formula is C12H26N4. The molecule has 16 heavy (non-hydrogen) atoms. The van der Waals surface area contributed by atoms with E-state index in [4.69, 9.17) is 5.73 Å². The average molecular weight is 226 g/mol. The van der Waals surface area contributed by atoms with Crippen molar-refractivity contribution in [3.05, 3.63) is 0 Å². The van der Waals surface area contributed by atoms with Crippen LogP contribution < -0.4 is 5.73 Å². The molecule has 4 heteroatoms. The number of aliphatic imine (C=N–C) groups is 1. The van der Waals surface area contributed by atoms with Gasteiger partial charge in [-0.3, -0.25) is 4.99 Å². The average Bonchev–Trinajstić information content (AvgIpc) is 2.29. The zero-order chi connectivity index (χ0) is 12.0. The highest BCUT2D eigenvalue weighted by Crippen LogP contribution is 2.15. The summed E-state index contributed by atoms with van der Waals surface area (Å²) in [4.78, 5) is 8.90. The maximum atomic E-state index is 5.98. The molecular weight excluding hydrogens is 200 g/mol. The lowest BCUT2D eigenvalue weighted by atomic mass is 10.00. The first kappa shape index (κ1) is 13.3. The van der Waals surface area contributed by atoms with Crippen molar-refractivity contribution in [2.75, 3.05) is 39.8 Å². The van der Waals surface area contributed by atoms with Gasteiger partial charge < -0.3 is 15.5 Å². The van der Waals surface area contributed by atoms with Crippen LogP contribution in [0.4, 0.5) is 0 Å². The molecule has 0 bridgehead atoms. The third kappa shape index (κ3) is 4.39. The van der Waals surface area contributed by atoms with Crippen molar-refractivity contribution in [3.63, 3.8) is 0 Å². The van der Waals surface area contributed by atoms with Gasteiger partial charge in [-0.1, -0.05) is 13.8 Å². The number of nitrogens with two attached hydrogens (primary N) is 1. The molecule has 1 heterocycles. The second-order valence-electron chi connectivity index (χ2n) is 4.81. The highest BCUT2D eigenvalue weighted by atomic mass is 15.3. The third-order valence-electron chi connectivity index (χ3n) is 3.40. The number of hydrogen-bond donors (Lipinski definition) is 1. The smallest absolute Gasteiger partial charge is 0.191 e. The largest absolute Gasteiger partial charge is 0.370 e. The highest BCUT2D eigenvalue weighted by molar-refractivity contribution is 5.78. The normalized spacial score (nSPS) is 19.5. The molecule has 94 valence electrons. The first-order chi connectivity index (χ1) is 7.63. The molecule has 2 N–H and O–H groups in total. The maximum absolute atomic E-state index is 5.98. The van der Waals surface area contributed by atoms with Gasteiger partial charge in [-0.15, -0.1) is 0 Å². The monoisotopic (exact) mass is 226 g/mol. The Bertz CT molecular complexity index is 219. The molecule has 0 spiro atoms. The van der Waals surface area contributed by atoms with Crippen LogP contribution in [-0.2, 0) is 0 Å². The fourth-order valence-corrected chi connectivity index (χ4v) is 1.83. The van der Waals surface area contributed by atoms with Gasteiger partial charge in [0, 0.05) is 19.6 Å². The number of nitrogens with zero attached hydrogens (tertiary/aromatic N) is 3. The van der Waals surface area contributed by atoms with E-state index in [1.54, 1.807) is 0 Å². The van der Waals surface area contributed by atoms with E-state index in [1.165, 1.54) is 12.8 Å². The van der Waals surface area contributed by atoms with E-state index < -0.39 is 0 Å². The Balaban J connectivity index is 2.27. The number of likely N-dealkylation sites (tertiary alicyclic amines) is 1. The Labute approximate surface area is 99.5 Å². The first-order valence-electron chi connectivity index (χ1n) is 6.37. The van der Waals surface area contributed by atoms with Gasteiger partial charge >= 0.3 is 0 Å². The third-order valence-corrected chi connectivity index (χ3v) is 3.40. The Kier molecular flexibility index (Phi) is 5.60. The zero-order valence-electron chi connectivity index (χ0n) is 10.9. The standard InChI is InChI=1S/C12H26N4/c1-4-15(3)10-7-14-12(13)16-8-5-11(2)6-9-16/h11H,4-10H2,1-3H3,(H2,13,14). The molecule has 0 aromatic carbocycles. The van der Waals surface area contributed by atoms with Gasteiger partial charge in [-0.25, -0.2) is 0 Å². The number of hydrogen-bond acceptors (Lipinski definition) is 2. The van der Waals surface area contributed by atoms with Crippen LogP contribution in [0.2, 0.25) is 0 Å². The van der Waals surface area contributed by atoms with Crippen molar-refractivity contribution in [2.45, 2.75) is 26.7 Å². The molecule has 1 fully saturated rings. The van der Waals surface area contributed by atoms with Gasteiger partial charge in [0.25, 0.3) is 0 Å². The topological polar surface area (TPSA) is 44.9 Å². The van der Waals surface area contributed by atoms with Crippen molar-refractivity contribution in [3.8, 4) is 0 Å². The predicted octanol–water partition coefficient (Wildman–Crippen LogP) is 0.985. The summed E-state index contributed by atoms with van der Waals surface area (Å²) in [5, 5.41) is 0. The second-order valence-corrected chi connectivity index (χ2v) is 4.81. The van der Waals surface area contributed by atoms with Gasteiger partial charge in [0.15, 0.2) is 5.96 Å². The number of piperidine rings is 1. The minimum atomic E-state index is 0.733. The molecule has 0 amide bonds. The molecule has 0 aromatic rings. The van der Waals surface area contributed by atoms with Crippen LogP contribution in [0.1, 0.15) is 26.7 Å². The fourth-order valence-electron chi connectivity index (χ4n) is 1.83. The van der Waals surface area contributed by atoms with Crippen LogP contribution in [-0.4, -0.2) is 55.5 Å². The summed E-state index contributed by atoms with van der Waals surface area (Å²) in [7, 11) is 2.11. The summed E-state index contributed by atoms with van der Waals surface area (Å²) in [6.07, 6.45) is 2.48. The molecule has 4 nitrogen and oxygen atoms in total.